The fourth-order valence-corrected chi connectivity index (χ4v) is 4.14. The normalized spacial score (nSPS) is 25.3. The second-order valence-electron chi connectivity index (χ2n) is 7.11. The van der Waals surface area contributed by atoms with Crippen LogP contribution in [0.5, 0.6) is 5.75 Å². The molecular formula is C20H28N2O3. The quantitative estimate of drug-likeness (QED) is 0.770. The van der Waals surface area contributed by atoms with Crippen LogP contribution in [-0.4, -0.2) is 55.1 Å². The van der Waals surface area contributed by atoms with Crippen LogP contribution in [0.25, 0.3) is 0 Å². The van der Waals surface area contributed by atoms with E-state index >= 15 is 0 Å². The van der Waals surface area contributed by atoms with E-state index in [0.29, 0.717) is 12.2 Å². The molecule has 1 saturated heterocycles. The van der Waals surface area contributed by atoms with Crippen molar-refractivity contribution in [2.45, 2.75) is 44.8 Å². The SMILES string of the molecule is CCOC1CC(O)C12CCN(CCCOc1cccc(C#N)c1)CC2. The number of nitriles is 1. The van der Waals surface area contributed by atoms with Gasteiger partial charge in [0.2, 0.25) is 0 Å². The van der Waals surface area contributed by atoms with E-state index in [0.717, 1.165) is 57.7 Å². The highest BCUT2D eigenvalue weighted by Crippen LogP contribution is 2.50. The number of rotatable bonds is 7. The maximum Gasteiger partial charge on any atom is 0.120 e. The topological polar surface area (TPSA) is 65.7 Å². The van der Waals surface area contributed by atoms with Crippen LogP contribution in [0.4, 0.5) is 0 Å². The molecule has 1 N–H and O–H groups in total. The predicted octanol–water partition coefficient (Wildman–Crippen LogP) is 2.58. The van der Waals surface area contributed by atoms with Crippen molar-refractivity contribution >= 4 is 0 Å². The van der Waals surface area contributed by atoms with E-state index in [-0.39, 0.29) is 17.6 Å². The van der Waals surface area contributed by atoms with Gasteiger partial charge in [-0.15, -0.1) is 0 Å². The zero-order valence-corrected chi connectivity index (χ0v) is 15.0. The number of aliphatic hydroxyl groups is 1. The molecule has 1 aliphatic heterocycles. The molecule has 5 heteroatoms. The average Bonchev–Trinajstić information content (AvgIpc) is 2.66. The number of piperidine rings is 1. The lowest BCUT2D eigenvalue weighted by Gasteiger charge is -2.56. The molecule has 2 atom stereocenters. The van der Waals surface area contributed by atoms with Crippen LogP contribution in [-0.2, 0) is 4.74 Å². The first-order valence-corrected chi connectivity index (χ1v) is 9.33. The molecule has 2 unspecified atom stereocenters. The number of benzene rings is 1. The largest absolute Gasteiger partial charge is 0.494 e. The number of ether oxygens (including phenoxy) is 2. The third kappa shape index (κ3) is 3.98. The number of aliphatic hydroxyl groups excluding tert-OH is 1. The highest BCUT2D eigenvalue weighted by molar-refractivity contribution is 5.36. The lowest BCUT2D eigenvalue weighted by molar-refractivity contribution is -0.209. The molecule has 1 heterocycles. The predicted molar refractivity (Wildman–Crippen MR) is 95.4 cm³/mol. The van der Waals surface area contributed by atoms with Gasteiger partial charge < -0.3 is 19.5 Å². The van der Waals surface area contributed by atoms with Crippen LogP contribution in [0, 0.1) is 16.7 Å². The molecule has 0 bridgehead atoms. The summed E-state index contributed by atoms with van der Waals surface area (Å²) in [7, 11) is 0. The van der Waals surface area contributed by atoms with Crippen LogP contribution < -0.4 is 4.74 Å². The molecule has 0 aromatic heterocycles. The maximum absolute atomic E-state index is 10.2. The number of likely N-dealkylation sites (tertiary alicyclic amines) is 1. The van der Waals surface area contributed by atoms with Gasteiger partial charge in [0.1, 0.15) is 5.75 Å². The zero-order valence-electron chi connectivity index (χ0n) is 15.0. The van der Waals surface area contributed by atoms with E-state index in [4.69, 9.17) is 14.7 Å². The van der Waals surface area contributed by atoms with Crippen molar-refractivity contribution < 1.29 is 14.6 Å². The standard InChI is InChI=1S/C20H28N2O3/c1-2-24-19-14-18(23)20(19)7-10-22(11-8-20)9-4-12-25-17-6-3-5-16(13-17)15-21/h3,5-6,13,18-19,23H,2,4,7-12,14H2,1H3. The molecule has 136 valence electrons. The van der Waals surface area contributed by atoms with Crippen molar-refractivity contribution in [1.82, 2.24) is 4.90 Å². The van der Waals surface area contributed by atoms with Gasteiger partial charge in [0, 0.05) is 25.0 Å². The number of nitrogens with zero attached hydrogens (tertiary/aromatic N) is 2. The maximum atomic E-state index is 10.2. The first-order chi connectivity index (χ1) is 12.2. The molecular weight excluding hydrogens is 316 g/mol. The van der Waals surface area contributed by atoms with E-state index in [1.165, 1.54) is 0 Å². The molecule has 1 aliphatic carbocycles. The summed E-state index contributed by atoms with van der Waals surface area (Å²) in [5.74, 6) is 0.758. The van der Waals surface area contributed by atoms with Gasteiger partial charge in [0.15, 0.2) is 0 Å². The van der Waals surface area contributed by atoms with Crippen LogP contribution in [0.1, 0.15) is 38.2 Å². The molecule has 2 aliphatic rings. The summed E-state index contributed by atoms with van der Waals surface area (Å²) in [6.07, 6.45) is 3.84. The smallest absolute Gasteiger partial charge is 0.120 e. The minimum absolute atomic E-state index is 0.000738. The Bertz CT molecular complexity index is 603. The van der Waals surface area contributed by atoms with Crippen molar-refractivity contribution in [2.24, 2.45) is 5.41 Å². The van der Waals surface area contributed by atoms with Crippen molar-refractivity contribution in [1.29, 1.82) is 5.26 Å². The highest BCUT2D eigenvalue weighted by Gasteiger charge is 2.55. The second-order valence-corrected chi connectivity index (χ2v) is 7.11. The van der Waals surface area contributed by atoms with Gasteiger partial charge in [-0.05, 0) is 57.5 Å². The monoisotopic (exact) mass is 344 g/mol. The summed E-state index contributed by atoms with van der Waals surface area (Å²) >= 11 is 0. The van der Waals surface area contributed by atoms with Crippen molar-refractivity contribution in [2.75, 3.05) is 32.8 Å². The number of hydrogen-bond acceptors (Lipinski definition) is 5. The van der Waals surface area contributed by atoms with Gasteiger partial charge in [-0.1, -0.05) is 6.07 Å². The minimum atomic E-state index is -0.193. The van der Waals surface area contributed by atoms with E-state index in [2.05, 4.69) is 11.0 Å². The molecule has 2 fully saturated rings. The summed E-state index contributed by atoms with van der Waals surface area (Å²) in [5, 5.41) is 19.2. The Balaban J connectivity index is 1.37. The second kappa shape index (κ2) is 8.18. The Morgan fingerprint density at radius 1 is 1.36 bits per heavy atom. The third-order valence-electron chi connectivity index (χ3n) is 5.75. The lowest BCUT2D eigenvalue weighted by atomic mass is 9.58. The van der Waals surface area contributed by atoms with E-state index in [1.807, 2.05) is 19.1 Å². The first kappa shape index (κ1) is 18.2. The van der Waals surface area contributed by atoms with Crippen LogP contribution in [0.15, 0.2) is 24.3 Å². The summed E-state index contributed by atoms with van der Waals surface area (Å²) in [5.41, 5.74) is 0.627. The Morgan fingerprint density at radius 3 is 2.84 bits per heavy atom. The summed E-state index contributed by atoms with van der Waals surface area (Å²) in [4.78, 5) is 2.45. The van der Waals surface area contributed by atoms with Gasteiger partial charge in [0.25, 0.3) is 0 Å². The molecule has 1 aromatic carbocycles. The van der Waals surface area contributed by atoms with Gasteiger partial charge >= 0.3 is 0 Å². The number of hydrogen-bond donors (Lipinski definition) is 1. The van der Waals surface area contributed by atoms with Gasteiger partial charge in [-0.25, -0.2) is 0 Å². The summed E-state index contributed by atoms with van der Waals surface area (Å²) in [6.45, 7) is 6.45. The van der Waals surface area contributed by atoms with Gasteiger partial charge in [-0.2, -0.15) is 5.26 Å². The summed E-state index contributed by atoms with van der Waals surface area (Å²) in [6, 6.07) is 9.41. The Kier molecular flexibility index (Phi) is 5.95. The zero-order chi connectivity index (χ0) is 17.7. The van der Waals surface area contributed by atoms with Gasteiger partial charge in [-0.3, -0.25) is 0 Å². The van der Waals surface area contributed by atoms with E-state index < -0.39 is 0 Å². The Labute approximate surface area is 150 Å². The van der Waals surface area contributed by atoms with Crippen LogP contribution in [0.3, 0.4) is 0 Å². The molecule has 0 radical (unpaired) electrons. The minimum Gasteiger partial charge on any atom is -0.494 e. The molecule has 1 spiro atoms. The van der Waals surface area contributed by atoms with Crippen molar-refractivity contribution in [3.05, 3.63) is 29.8 Å². The Hall–Kier alpha value is -1.61. The van der Waals surface area contributed by atoms with Crippen molar-refractivity contribution in [3.63, 3.8) is 0 Å². The molecule has 0 amide bonds. The lowest BCUT2D eigenvalue weighted by Crippen LogP contribution is -2.62. The Morgan fingerprint density at radius 2 is 2.16 bits per heavy atom. The third-order valence-corrected chi connectivity index (χ3v) is 5.75. The molecule has 3 rings (SSSR count). The van der Waals surface area contributed by atoms with Gasteiger partial charge in [0.05, 0.1) is 30.4 Å². The highest BCUT2D eigenvalue weighted by atomic mass is 16.5. The van der Waals surface area contributed by atoms with Crippen LogP contribution in [0.2, 0.25) is 0 Å². The first-order valence-electron chi connectivity index (χ1n) is 9.33. The van der Waals surface area contributed by atoms with Crippen LogP contribution >= 0.6 is 0 Å². The van der Waals surface area contributed by atoms with Crippen molar-refractivity contribution in [3.8, 4) is 11.8 Å². The molecule has 25 heavy (non-hydrogen) atoms. The molecule has 1 aromatic rings. The van der Waals surface area contributed by atoms with E-state index in [1.54, 1.807) is 12.1 Å². The fraction of sp³-hybridized carbons (Fsp3) is 0.650. The van der Waals surface area contributed by atoms with E-state index in [9.17, 15) is 5.11 Å². The average molecular weight is 344 g/mol. The summed E-state index contributed by atoms with van der Waals surface area (Å²) < 4.78 is 11.6. The molecule has 5 nitrogen and oxygen atoms in total. The fourth-order valence-electron chi connectivity index (χ4n) is 4.14. The molecule has 1 saturated carbocycles.